The number of rotatable bonds is 3. The van der Waals surface area contributed by atoms with Gasteiger partial charge in [-0.25, -0.2) is 0 Å². The second-order valence-electron chi connectivity index (χ2n) is 5.23. The van der Waals surface area contributed by atoms with E-state index in [-0.39, 0.29) is 12.4 Å². The molecule has 1 saturated heterocycles. The van der Waals surface area contributed by atoms with Gasteiger partial charge < -0.3 is 10.2 Å². The number of piperidine rings is 1. The second-order valence-corrected chi connectivity index (χ2v) is 5.23. The first-order chi connectivity index (χ1) is 8.85. The van der Waals surface area contributed by atoms with Crippen molar-refractivity contribution in [3.05, 3.63) is 36.1 Å². The summed E-state index contributed by atoms with van der Waals surface area (Å²) >= 11 is 0. The molecule has 0 bridgehead atoms. The predicted molar refractivity (Wildman–Crippen MR) is 80.5 cm³/mol. The van der Waals surface area contributed by atoms with Crippen LogP contribution in [-0.2, 0) is 6.54 Å². The summed E-state index contributed by atoms with van der Waals surface area (Å²) in [5.41, 5.74) is 6.76. The quantitative estimate of drug-likeness (QED) is 0.940. The van der Waals surface area contributed by atoms with Crippen molar-refractivity contribution in [1.29, 1.82) is 0 Å². The van der Waals surface area contributed by atoms with E-state index in [1.807, 2.05) is 18.2 Å². The summed E-state index contributed by atoms with van der Waals surface area (Å²) in [7, 11) is 0. The zero-order valence-electron chi connectivity index (χ0n) is 11.0. The molecule has 2 N–H and O–H groups in total. The Morgan fingerprint density at radius 1 is 1.32 bits per heavy atom. The van der Waals surface area contributed by atoms with Gasteiger partial charge in [0.15, 0.2) is 0 Å². The Hall–Kier alpha value is -1.03. The molecule has 0 spiro atoms. The Labute approximate surface area is 120 Å². The Bertz CT molecular complexity index is 493. The van der Waals surface area contributed by atoms with E-state index in [1.54, 1.807) is 0 Å². The van der Waals surface area contributed by atoms with Gasteiger partial charge in [0.25, 0.3) is 0 Å². The highest BCUT2D eigenvalue weighted by molar-refractivity contribution is 5.85. The summed E-state index contributed by atoms with van der Waals surface area (Å²) in [6.45, 7) is 3.98. The summed E-state index contributed by atoms with van der Waals surface area (Å²) in [4.78, 5) is 2.46. The maximum absolute atomic E-state index is 5.87. The van der Waals surface area contributed by atoms with Crippen molar-refractivity contribution < 1.29 is 4.42 Å². The molecule has 1 unspecified atom stereocenters. The number of hydrogen-bond donors (Lipinski definition) is 1. The van der Waals surface area contributed by atoms with E-state index in [9.17, 15) is 0 Å². The molecule has 3 nitrogen and oxygen atoms in total. The van der Waals surface area contributed by atoms with Crippen molar-refractivity contribution in [3.63, 3.8) is 0 Å². The van der Waals surface area contributed by atoms with Gasteiger partial charge in [-0.2, -0.15) is 0 Å². The number of benzene rings is 1. The first-order valence-corrected chi connectivity index (χ1v) is 6.75. The van der Waals surface area contributed by atoms with Gasteiger partial charge in [-0.15, -0.1) is 12.4 Å². The number of nitrogens with zero attached hydrogens (tertiary/aromatic N) is 1. The van der Waals surface area contributed by atoms with E-state index in [0.717, 1.165) is 37.5 Å². The summed E-state index contributed by atoms with van der Waals surface area (Å²) in [6, 6.07) is 10.3. The number of halogens is 1. The monoisotopic (exact) mass is 280 g/mol. The molecule has 1 aliphatic rings. The lowest BCUT2D eigenvalue weighted by molar-refractivity contribution is 0.161. The minimum Gasteiger partial charge on any atom is -0.460 e. The van der Waals surface area contributed by atoms with Gasteiger partial charge in [0, 0.05) is 11.9 Å². The minimum absolute atomic E-state index is 0. The Kier molecular flexibility index (Phi) is 4.86. The van der Waals surface area contributed by atoms with E-state index in [2.05, 4.69) is 17.0 Å². The normalized spacial score (nSPS) is 20.4. The first kappa shape index (κ1) is 14.4. The fourth-order valence-electron chi connectivity index (χ4n) is 2.82. The highest BCUT2D eigenvalue weighted by Gasteiger charge is 2.19. The highest BCUT2D eigenvalue weighted by Crippen LogP contribution is 2.22. The van der Waals surface area contributed by atoms with E-state index in [4.69, 9.17) is 10.2 Å². The summed E-state index contributed by atoms with van der Waals surface area (Å²) < 4.78 is 5.87. The van der Waals surface area contributed by atoms with Gasteiger partial charge in [-0.05, 0) is 44.0 Å². The third-order valence-corrected chi connectivity index (χ3v) is 3.79. The molecule has 1 aromatic carbocycles. The van der Waals surface area contributed by atoms with Crippen LogP contribution in [0.2, 0.25) is 0 Å². The summed E-state index contributed by atoms with van der Waals surface area (Å²) in [6.07, 6.45) is 2.52. The second kappa shape index (κ2) is 6.42. The molecule has 2 aromatic rings. The summed E-state index contributed by atoms with van der Waals surface area (Å²) in [5.74, 6) is 1.72. The lowest BCUT2D eigenvalue weighted by Gasteiger charge is -2.31. The van der Waals surface area contributed by atoms with Crippen molar-refractivity contribution in [1.82, 2.24) is 4.90 Å². The Balaban J connectivity index is 0.00000133. The number of para-hydroxylation sites is 1. The molecule has 104 valence electrons. The van der Waals surface area contributed by atoms with Gasteiger partial charge >= 0.3 is 0 Å². The van der Waals surface area contributed by atoms with Gasteiger partial charge in [0.1, 0.15) is 11.3 Å². The molecule has 1 fully saturated rings. The molecule has 19 heavy (non-hydrogen) atoms. The van der Waals surface area contributed by atoms with Crippen molar-refractivity contribution in [3.8, 4) is 0 Å². The minimum atomic E-state index is 0. The zero-order valence-corrected chi connectivity index (χ0v) is 11.9. The van der Waals surface area contributed by atoms with Crippen LogP contribution in [0, 0.1) is 5.92 Å². The number of fused-ring (bicyclic) bond motifs is 1. The van der Waals surface area contributed by atoms with Gasteiger partial charge in [-0.1, -0.05) is 18.2 Å². The number of hydrogen-bond acceptors (Lipinski definition) is 3. The Morgan fingerprint density at radius 2 is 2.16 bits per heavy atom. The molecule has 1 atom stereocenters. The molecular weight excluding hydrogens is 260 g/mol. The van der Waals surface area contributed by atoms with Crippen LogP contribution < -0.4 is 5.73 Å². The first-order valence-electron chi connectivity index (χ1n) is 6.75. The SMILES string of the molecule is Cl.NCC1CCCN(Cc2cc3ccccc3o2)C1. The van der Waals surface area contributed by atoms with E-state index >= 15 is 0 Å². The van der Waals surface area contributed by atoms with Gasteiger partial charge in [-0.3, -0.25) is 4.90 Å². The maximum atomic E-state index is 5.87. The molecule has 0 saturated carbocycles. The molecule has 3 rings (SSSR count). The maximum Gasteiger partial charge on any atom is 0.134 e. The average molecular weight is 281 g/mol. The highest BCUT2D eigenvalue weighted by atomic mass is 35.5. The van der Waals surface area contributed by atoms with E-state index in [0.29, 0.717) is 5.92 Å². The standard InChI is InChI=1S/C15H20N2O.ClH/c16-9-12-4-3-7-17(10-12)11-14-8-13-5-1-2-6-15(13)18-14;/h1-2,5-6,8,12H,3-4,7,9-11,16H2;1H. The van der Waals surface area contributed by atoms with Gasteiger partial charge in [0.2, 0.25) is 0 Å². The Morgan fingerprint density at radius 3 is 2.95 bits per heavy atom. The molecule has 2 heterocycles. The zero-order chi connectivity index (χ0) is 12.4. The fraction of sp³-hybridized carbons (Fsp3) is 0.467. The van der Waals surface area contributed by atoms with E-state index in [1.165, 1.54) is 18.2 Å². The molecule has 1 aliphatic heterocycles. The van der Waals surface area contributed by atoms with Crippen molar-refractivity contribution in [2.24, 2.45) is 11.7 Å². The van der Waals surface area contributed by atoms with Crippen molar-refractivity contribution in [2.45, 2.75) is 19.4 Å². The number of likely N-dealkylation sites (tertiary alicyclic amines) is 1. The average Bonchev–Trinajstić information content (AvgIpc) is 2.81. The molecule has 4 heteroatoms. The summed E-state index contributed by atoms with van der Waals surface area (Å²) in [5, 5.41) is 1.19. The van der Waals surface area contributed by atoms with Crippen molar-refractivity contribution in [2.75, 3.05) is 19.6 Å². The van der Waals surface area contributed by atoms with Crippen LogP contribution in [0.1, 0.15) is 18.6 Å². The number of nitrogens with two attached hydrogens (primary N) is 1. The van der Waals surface area contributed by atoms with Crippen molar-refractivity contribution >= 4 is 23.4 Å². The largest absolute Gasteiger partial charge is 0.460 e. The van der Waals surface area contributed by atoms with Gasteiger partial charge in [0.05, 0.1) is 6.54 Å². The lowest BCUT2D eigenvalue weighted by Crippen LogP contribution is -2.37. The third-order valence-electron chi connectivity index (χ3n) is 3.79. The van der Waals surface area contributed by atoms with Crippen LogP contribution in [0.5, 0.6) is 0 Å². The van der Waals surface area contributed by atoms with Crippen LogP contribution in [0.15, 0.2) is 34.7 Å². The van der Waals surface area contributed by atoms with Crippen LogP contribution in [-0.4, -0.2) is 24.5 Å². The smallest absolute Gasteiger partial charge is 0.134 e. The molecule has 0 aliphatic carbocycles. The third kappa shape index (κ3) is 3.30. The van der Waals surface area contributed by atoms with E-state index < -0.39 is 0 Å². The molecule has 0 amide bonds. The number of furan rings is 1. The van der Waals surface area contributed by atoms with Crippen LogP contribution in [0.4, 0.5) is 0 Å². The fourth-order valence-corrected chi connectivity index (χ4v) is 2.82. The molecule has 0 radical (unpaired) electrons. The molecule has 1 aromatic heterocycles. The van der Waals surface area contributed by atoms with Crippen LogP contribution in [0.3, 0.4) is 0 Å². The predicted octanol–water partition coefficient (Wildman–Crippen LogP) is 3.03. The lowest BCUT2D eigenvalue weighted by atomic mass is 9.98. The topological polar surface area (TPSA) is 42.4 Å². The van der Waals surface area contributed by atoms with Crippen LogP contribution in [0.25, 0.3) is 11.0 Å². The molecular formula is C15H21ClN2O. The van der Waals surface area contributed by atoms with Crippen LogP contribution >= 0.6 is 12.4 Å².